The third-order valence-electron chi connectivity index (χ3n) is 9.79. The summed E-state index contributed by atoms with van der Waals surface area (Å²) >= 11 is 0. The lowest BCUT2D eigenvalue weighted by atomic mass is 10.00. The molecule has 2 aromatic heterocycles. The molecule has 2 aromatic carbocycles. The van der Waals surface area contributed by atoms with Crippen LogP contribution < -0.4 is 15.5 Å². The predicted molar refractivity (Wildman–Crippen MR) is 180 cm³/mol. The molecule has 0 saturated carbocycles. The number of hydrogen-bond donors (Lipinski definition) is 3. The number of nitrogens with zero attached hydrogens (tertiary/aromatic N) is 6. The van der Waals surface area contributed by atoms with Gasteiger partial charge in [-0.2, -0.15) is 5.10 Å². The highest BCUT2D eigenvalue weighted by molar-refractivity contribution is 5.91. The molecule has 0 bridgehead atoms. The van der Waals surface area contributed by atoms with E-state index in [-0.39, 0.29) is 24.0 Å². The predicted octanol–water partition coefficient (Wildman–Crippen LogP) is 3.79. The second kappa shape index (κ2) is 13.3. The van der Waals surface area contributed by atoms with Crippen LogP contribution in [0.3, 0.4) is 0 Å². The van der Waals surface area contributed by atoms with Crippen molar-refractivity contribution in [3.63, 3.8) is 0 Å². The van der Waals surface area contributed by atoms with E-state index >= 15 is 0 Å². The van der Waals surface area contributed by atoms with Crippen molar-refractivity contribution >= 4 is 40.2 Å². The van der Waals surface area contributed by atoms with E-state index in [0.717, 1.165) is 45.4 Å². The number of piperazine rings is 1. The van der Waals surface area contributed by atoms with Crippen molar-refractivity contribution in [2.45, 2.75) is 44.7 Å². The lowest BCUT2D eigenvalue weighted by Gasteiger charge is -2.39. The first-order chi connectivity index (χ1) is 22.9. The number of carbonyl (C=O) groups excluding carboxylic acids is 3. The van der Waals surface area contributed by atoms with Crippen molar-refractivity contribution in [1.29, 1.82) is 0 Å². The highest BCUT2D eigenvalue weighted by Gasteiger charge is 2.34. The number of para-hydroxylation sites is 1. The van der Waals surface area contributed by atoms with Crippen LogP contribution in [0.25, 0.3) is 10.9 Å². The molecule has 4 aromatic rings. The minimum absolute atomic E-state index is 0.0483. The summed E-state index contributed by atoms with van der Waals surface area (Å²) in [6, 6.07) is 15.0. The number of urea groups is 2. The summed E-state index contributed by atoms with van der Waals surface area (Å²) in [5, 5.41) is 14.4. The Kier molecular flexibility index (Phi) is 8.64. The second-order valence-corrected chi connectivity index (χ2v) is 12.7. The Morgan fingerprint density at radius 1 is 0.957 bits per heavy atom. The number of aromatic nitrogens is 3. The standard InChI is InChI=1S/C35H41N9O3/c1-24-20-25(21-27-23-37-40-32(24)27)22-31(33(45)42-18-16-41(17-19-42)28-6-11-36-12-7-28)39-34(46)43-13-9-29(10-14-43)44-15-8-26-4-2-3-5-30(26)38-35(44)47/h2-7,11-12,20-21,23,29,31H,8-10,13-19,22H2,1H3,(H,37,40)(H,38,47)(H,39,46). The minimum Gasteiger partial charge on any atom is -0.368 e. The molecule has 3 N–H and O–H groups in total. The van der Waals surface area contributed by atoms with Gasteiger partial charge in [-0.05, 0) is 67.1 Å². The van der Waals surface area contributed by atoms with Crippen molar-refractivity contribution in [3.05, 3.63) is 83.8 Å². The molecule has 5 amide bonds. The quantitative estimate of drug-likeness (QED) is 0.296. The van der Waals surface area contributed by atoms with E-state index in [2.05, 4.69) is 42.8 Å². The van der Waals surface area contributed by atoms with Crippen LogP contribution >= 0.6 is 0 Å². The van der Waals surface area contributed by atoms with Gasteiger partial charge in [-0.3, -0.25) is 14.9 Å². The maximum Gasteiger partial charge on any atom is 0.322 e. The van der Waals surface area contributed by atoms with Crippen LogP contribution in [0.15, 0.2) is 67.1 Å². The molecule has 5 heterocycles. The number of rotatable bonds is 6. The van der Waals surface area contributed by atoms with Crippen LogP contribution in [0, 0.1) is 6.92 Å². The Hall–Kier alpha value is -5.13. The van der Waals surface area contributed by atoms with Crippen LogP contribution in [-0.4, -0.2) is 106 Å². The molecule has 3 aliphatic heterocycles. The zero-order valence-corrected chi connectivity index (χ0v) is 26.7. The average molecular weight is 636 g/mol. The van der Waals surface area contributed by atoms with E-state index in [4.69, 9.17) is 0 Å². The number of fused-ring (bicyclic) bond motifs is 2. The molecule has 12 nitrogen and oxygen atoms in total. The van der Waals surface area contributed by atoms with E-state index in [1.54, 1.807) is 23.5 Å². The van der Waals surface area contributed by atoms with Gasteiger partial charge in [-0.15, -0.1) is 0 Å². The van der Waals surface area contributed by atoms with Crippen molar-refractivity contribution in [2.75, 3.05) is 56.0 Å². The number of aryl methyl sites for hydroxylation is 1. The molecular formula is C35H41N9O3. The van der Waals surface area contributed by atoms with Gasteiger partial charge in [0.2, 0.25) is 5.91 Å². The van der Waals surface area contributed by atoms with Gasteiger partial charge >= 0.3 is 12.1 Å². The smallest absolute Gasteiger partial charge is 0.322 e. The van der Waals surface area contributed by atoms with Crippen molar-refractivity contribution in [3.8, 4) is 0 Å². The first kappa shape index (κ1) is 30.5. The number of H-pyrrole nitrogens is 1. The van der Waals surface area contributed by atoms with Crippen LogP contribution in [-0.2, 0) is 17.6 Å². The van der Waals surface area contributed by atoms with Gasteiger partial charge in [0, 0.05) is 87.4 Å². The number of pyridine rings is 1. The number of anilines is 2. The van der Waals surface area contributed by atoms with Gasteiger partial charge in [-0.25, -0.2) is 9.59 Å². The molecule has 7 rings (SSSR count). The van der Waals surface area contributed by atoms with Crippen LogP contribution in [0.1, 0.15) is 29.5 Å². The number of nitrogens with one attached hydrogen (secondary N) is 3. The summed E-state index contributed by atoms with van der Waals surface area (Å²) in [5.74, 6) is -0.0756. The van der Waals surface area contributed by atoms with E-state index in [0.29, 0.717) is 65.1 Å². The molecule has 1 atom stereocenters. The Labute approximate surface area is 274 Å². The molecule has 2 fully saturated rings. The average Bonchev–Trinajstić information content (AvgIpc) is 3.52. The summed E-state index contributed by atoms with van der Waals surface area (Å²) in [6.07, 6.45) is 7.88. The molecule has 0 spiro atoms. The number of hydrogen-bond acceptors (Lipinski definition) is 6. The lowest BCUT2D eigenvalue weighted by molar-refractivity contribution is -0.133. The summed E-state index contributed by atoms with van der Waals surface area (Å²) in [5.41, 5.74) is 6.08. The molecule has 2 saturated heterocycles. The maximum atomic E-state index is 14.1. The van der Waals surface area contributed by atoms with E-state index in [9.17, 15) is 14.4 Å². The fourth-order valence-electron chi connectivity index (χ4n) is 7.19. The zero-order chi connectivity index (χ0) is 32.3. The molecular weight excluding hydrogens is 594 g/mol. The van der Waals surface area contributed by atoms with Crippen molar-refractivity contribution in [2.24, 2.45) is 0 Å². The van der Waals surface area contributed by atoms with E-state index in [1.807, 2.05) is 53.1 Å². The Morgan fingerprint density at radius 3 is 2.51 bits per heavy atom. The summed E-state index contributed by atoms with van der Waals surface area (Å²) in [7, 11) is 0. The molecule has 12 heteroatoms. The summed E-state index contributed by atoms with van der Waals surface area (Å²) in [4.78, 5) is 52.8. The van der Waals surface area contributed by atoms with Gasteiger partial charge in [0.15, 0.2) is 0 Å². The SMILES string of the molecule is Cc1cc(CC(NC(=O)N2CCC(N3CCc4ccccc4NC3=O)CC2)C(=O)N2CCN(c3ccncc3)CC2)cc2cn[nH]c12. The Bertz CT molecular complexity index is 1740. The molecule has 0 radical (unpaired) electrons. The monoisotopic (exact) mass is 635 g/mol. The third-order valence-corrected chi connectivity index (χ3v) is 9.79. The number of piperidine rings is 1. The highest BCUT2D eigenvalue weighted by atomic mass is 16.2. The van der Waals surface area contributed by atoms with Crippen molar-refractivity contribution < 1.29 is 14.4 Å². The van der Waals surface area contributed by atoms with Crippen LogP contribution in [0.2, 0.25) is 0 Å². The number of carbonyl (C=O) groups is 3. The number of aromatic amines is 1. The van der Waals surface area contributed by atoms with Gasteiger partial charge in [0.05, 0.1) is 11.7 Å². The topological polar surface area (TPSA) is 130 Å². The highest BCUT2D eigenvalue weighted by Crippen LogP contribution is 2.25. The zero-order valence-electron chi connectivity index (χ0n) is 26.7. The number of amides is 5. The van der Waals surface area contributed by atoms with Gasteiger partial charge in [0.25, 0.3) is 0 Å². The van der Waals surface area contributed by atoms with E-state index < -0.39 is 6.04 Å². The Morgan fingerprint density at radius 2 is 1.72 bits per heavy atom. The summed E-state index contributed by atoms with van der Waals surface area (Å²) in [6.45, 7) is 6.24. The van der Waals surface area contributed by atoms with Crippen molar-refractivity contribution in [1.82, 2.24) is 35.2 Å². The second-order valence-electron chi connectivity index (χ2n) is 12.7. The number of likely N-dealkylation sites (tertiary alicyclic amines) is 1. The fourth-order valence-corrected chi connectivity index (χ4v) is 7.19. The van der Waals surface area contributed by atoms with Gasteiger partial charge in [-0.1, -0.05) is 24.3 Å². The third kappa shape index (κ3) is 6.58. The normalized spacial score (nSPS) is 18.0. The van der Waals surface area contributed by atoms with Gasteiger partial charge in [0.1, 0.15) is 6.04 Å². The first-order valence-electron chi connectivity index (χ1n) is 16.5. The first-order valence-corrected chi connectivity index (χ1v) is 16.5. The lowest BCUT2D eigenvalue weighted by Crippen LogP contribution is -2.58. The fraction of sp³-hybridized carbons (Fsp3) is 0.400. The Balaban J connectivity index is 1.01. The summed E-state index contributed by atoms with van der Waals surface area (Å²) < 4.78 is 0. The molecule has 47 heavy (non-hydrogen) atoms. The van der Waals surface area contributed by atoms with Crippen LogP contribution in [0.5, 0.6) is 0 Å². The largest absolute Gasteiger partial charge is 0.368 e. The maximum absolute atomic E-state index is 14.1. The molecule has 0 aliphatic carbocycles. The molecule has 1 unspecified atom stereocenters. The van der Waals surface area contributed by atoms with Gasteiger partial charge < -0.3 is 30.2 Å². The molecule has 244 valence electrons. The van der Waals surface area contributed by atoms with E-state index in [1.165, 1.54) is 0 Å². The minimum atomic E-state index is -0.716. The molecule has 3 aliphatic rings. The van der Waals surface area contributed by atoms with Crippen LogP contribution in [0.4, 0.5) is 21.0 Å². The number of benzene rings is 2.